The second-order valence-corrected chi connectivity index (χ2v) is 4.31. The monoisotopic (exact) mass is 225 g/mol. The van der Waals surface area contributed by atoms with Crippen molar-refractivity contribution in [3.8, 4) is 0 Å². The summed E-state index contributed by atoms with van der Waals surface area (Å²) in [5.74, 6) is 2.62. The molecule has 0 N–H and O–H groups in total. The highest BCUT2D eigenvalue weighted by molar-refractivity contribution is 6.17. The Hall–Kier alpha value is -0.830. The molecule has 4 heteroatoms. The molecule has 2 rings (SSSR count). The van der Waals surface area contributed by atoms with E-state index in [2.05, 4.69) is 14.9 Å². The zero-order valence-electron chi connectivity index (χ0n) is 8.99. The summed E-state index contributed by atoms with van der Waals surface area (Å²) in [7, 11) is 0. The van der Waals surface area contributed by atoms with E-state index in [1.807, 2.05) is 19.2 Å². The third kappa shape index (κ3) is 2.40. The molecule has 1 aliphatic rings. The van der Waals surface area contributed by atoms with E-state index in [0.29, 0.717) is 6.04 Å². The highest BCUT2D eigenvalue weighted by Gasteiger charge is 2.24. The van der Waals surface area contributed by atoms with Crippen LogP contribution >= 0.6 is 11.6 Å². The average Bonchev–Trinajstić information content (AvgIpc) is 2.66. The van der Waals surface area contributed by atoms with Crippen molar-refractivity contribution in [3.05, 3.63) is 18.1 Å². The van der Waals surface area contributed by atoms with Gasteiger partial charge in [-0.3, -0.25) is 0 Å². The summed E-state index contributed by atoms with van der Waals surface area (Å²) in [5, 5.41) is 0. The van der Waals surface area contributed by atoms with Crippen molar-refractivity contribution < 1.29 is 0 Å². The molecule has 0 aromatic carbocycles. The molecule has 1 aromatic rings. The minimum atomic E-state index is 0.566. The van der Waals surface area contributed by atoms with Gasteiger partial charge in [0.15, 0.2) is 0 Å². The van der Waals surface area contributed by atoms with Gasteiger partial charge in [0.2, 0.25) is 0 Å². The lowest BCUT2D eigenvalue weighted by atomic mass is 10.2. The van der Waals surface area contributed by atoms with E-state index in [0.717, 1.165) is 30.5 Å². The van der Waals surface area contributed by atoms with E-state index in [9.17, 15) is 0 Å². The molecule has 1 atom stereocenters. The molecular formula is C11H16ClN3. The van der Waals surface area contributed by atoms with E-state index < -0.39 is 0 Å². The molecule has 1 aromatic heterocycles. The molecule has 82 valence electrons. The lowest BCUT2D eigenvalue weighted by Gasteiger charge is -2.25. The quantitative estimate of drug-likeness (QED) is 0.740. The highest BCUT2D eigenvalue weighted by Crippen LogP contribution is 2.25. The van der Waals surface area contributed by atoms with Gasteiger partial charge >= 0.3 is 0 Å². The van der Waals surface area contributed by atoms with E-state index >= 15 is 0 Å². The van der Waals surface area contributed by atoms with Crippen LogP contribution in [0.4, 0.5) is 5.82 Å². The summed E-state index contributed by atoms with van der Waals surface area (Å²) in [6.07, 6.45) is 5.35. The van der Waals surface area contributed by atoms with Gasteiger partial charge in [0.05, 0.1) is 0 Å². The molecule has 1 unspecified atom stereocenters. The van der Waals surface area contributed by atoms with Crippen LogP contribution in [0, 0.1) is 6.92 Å². The minimum absolute atomic E-state index is 0.566. The average molecular weight is 226 g/mol. The summed E-state index contributed by atoms with van der Waals surface area (Å²) < 4.78 is 0. The second-order valence-electron chi connectivity index (χ2n) is 3.93. The molecule has 1 aliphatic heterocycles. The second kappa shape index (κ2) is 4.79. The Labute approximate surface area is 95.5 Å². The molecule has 0 spiro atoms. The van der Waals surface area contributed by atoms with Crippen LogP contribution in [0.2, 0.25) is 0 Å². The Morgan fingerprint density at radius 1 is 1.60 bits per heavy atom. The maximum Gasteiger partial charge on any atom is 0.132 e. The van der Waals surface area contributed by atoms with Crippen molar-refractivity contribution >= 4 is 17.4 Å². The number of halogens is 1. The third-order valence-electron chi connectivity index (χ3n) is 2.88. The van der Waals surface area contributed by atoms with Gasteiger partial charge in [-0.2, -0.15) is 0 Å². The number of hydrogen-bond donors (Lipinski definition) is 0. The molecule has 0 radical (unpaired) electrons. The fraction of sp³-hybridized carbons (Fsp3) is 0.636. The smallest absolute Gasteiger partial charge is 0.132 e. The summed E-state index contributed by atoms with van der Waals surface area (Å²) in [4.78, 5) is 10.9. The minimum Gasteiger partial charge on any atom is -0.353 e. The first-order valence-corrected chi connectivity index (χ1v) is 5.97. The van der Waals surface area contributed by atoms with Gasteiger partial charge in [-0.05, 0) is 32.3 Å². The Kier molecular flexibility index (Phi) is 3.41. The molecule has 2 heterocycles. The van der Waals surface area contributed by atoms with E-state index in [1.54, 1.807) is 0 Å². The van der Waals surface area contributed by atoms with Crippen molar-refractivity contribution in [3.63, 3.8) is 0 Å². The Morgan fingerprint density at radius 2 is 2.47 bits per heavy atom. The highest BCUT2D eigenvalue weighted by atomic mass is 35.5. The maximum atomic E-state index is 5.81. The van der Waals surface area contributed by atoms with Crippen LogP contribution in [0.15, 0.2) is 12.3 Å². The summed E-state index contributed by atoms with van der Waals surface area (Å²) in [6, 6.07) is 2.55. The predicted molar refractivity (Wildman–Crippen MR) is 62.5 cm³/mol. The zero-order chi connectivity index (χ0) is 10.7. The van der Waals surface area contributed by atoms with Crippen molar-refractivity contribution in [2.45, 2.75) is 32.2 Å². The van der Waals surface area contributed by atoms with Gasteiger partial charge in [0.1, 0.15) is 11.6 Å². The molecule has 15 heavy (non-hydrogen) atoms. The number of hydrogen-bond acceptors (Lipinski definition) is 3. The molecule has 1 saturated heterocycles. The zero-order valence-corrected chi connectivity index (χ0v) is 9.74. The van der Waals surface area contributed by atoms with Crippen LogP contribution in [0.3, 0.4) is 0 Å². The van der Waals surface area contributed by atoms with E-state index in [-0.39, 0.29) is 0 Å². The first-order chi connectivity index (χ1) is 7.31. The van der Waals surface area contributed by atoms with Crippen LogP contribution < -0.4 is 4.90 Å². The van der Waals surface area contributed by atoms with Crippen LogP contribution in [0.25, 0.3) is 0 Å². The normalized spacial score (nSPS) is 20.9. The van der Waals surface area contributed by atoms with Crippen molar-refractivity contribution in [1.29, 1.82) is 0 Å². The standard InChI is InChI=1S/C11H16ClN3/c1-9-13-7-5-11(14-9)15-8-2-3-10(15)4-6-12/h5,7,10H,2-4,6,8H2,1H3. The molecule has 1 fully saturated rings. The van der Waals surface area contributed by atoms with Gasteiger partial charge < -0.3 is 4.90 Å². The maximum absolute atomic E-state index is 5.81. The number of rotatable bonds is 3. The van der Waals surface area contributed by atoms with Crippen molar-refractivity contribution in [1.82, 2.24) is 9.97 Å². The van der Waals surface area contributed by atoms with Gasteiger partial charge in [0.25, 0.3) is 0 Å². The first-order valence-electron chi connectivity index (χ1n) is 5.43. The summed E-state index contributed by atoms with van der Waals surface area (Å²) >= 11 is 5.81. The fourth-order valence-corrected chi connectivity index (χ4v) is 2.42. The molecule has 0 amide bonds. The van der Waals surface area contributed by atoms with Crippen molar-refractivity contribution in [2.75, 3.05) is 17.3 Å². The number of aryl methyl sites for hydroxylation is 1. The number of alkyl halides is 1. The first kappa shape index (κ1) is 10.7. The Bertz CT molecular complexity index is 329. The lowest BCUT2D eigenvalue weighted by Crippen LogP contribution is -2.30. The fourth-order valence-electron chi connectivity index (χ4n) is 2.17. The van der Waals surface area contributed by atoms with E-state index in [1.165, 1.54) is 12.8 Å². The predicted octanol–water partition coefficient (Wildman–Crippen LogP) is 2.38. The third-order valence-corrected chi connectivity index (χ3v) is 3.09. The van der Waals surface area contributed by atoms with Gasteiger partial charge in [-0.25, -0.2) is 9.97 Å². The van der Waals surface area contributed by atoms with Crippen LogP contribution in [0.1, 0.15) is 25.1 Å². The van der Waals surface area contributed by atoms with Gasteiger partial charge in [-0.1, -0.05) is 0 Å². The van der Waals surface area contributed by atoms with Crippen LogP contribution in [0.5, 0.6) is 0 Å². The van der Waals surface area contributed by atoms with Gasteiger partial charge in [0, 0.05) is 24.7 Å². The number of nitrogens with zero attached hydrogens (tertiary/aromatic N) is 3. The molecule has 0 bridgehead atoms. The van der Waals surface area contributed by atoms with Crippen LogP contribution in [-0.2, 0) is 0 Å². The molecule has 0 aliphatic carbocycles. The molecular weight excluding hydrogens is 210 g/mol. The Balaban J connectivity index is 2.15. The van der Waals surface area contributed by atoms with Crippen LogP contribution in [-0.4, -0.2) is 28.4 Å². The van der Waals surface area contributed by atoms with Crippen molar-refractivity contribution in [2.24, 2.45) is 0 Å². The largest absolute Gasteiger partial charge is 0.353 e. The summed E-state index contributed by atoms with van der Waals surface area (Å²) in [6.45, 7) is 3.02. The lowest BCUT2D eigenvalue weighted by molar-refractivity contribution is 0.642. The van der Waals surface area contributed by atoms with Gasteiger partial charge in [-0.15, -0.1) is 11.6 Å². The topological polar surface area (TPSA) is 29.0 Å². The SMILES string of the molecule is Cc1nccc(N2CCCC2CCCl)n1. The van der Waals surface area contributed by atoms with E-state index in [4.69, 9.17) is 11.6 Å². The molecule has 3 nitrogen and oxygen atoms in total. The number of anilines is 1. The molecule has 0 saturated carbocycles. The Morgan fingerprint density at radius 3 is 3.20 bits per heavy atom. The summed E-state index contributed by atoms with van der Waals surface area (Å²) in [5.41, 5.74) is 0. The number of aromatic nitrogens is 2.